The van der Waals surface area contributed by atoms with Gasteiger partial charge in [0, 0.05) is 80.0 Å². The second-order valence-corrected chi connectivity index (χ2v) is 30.9. The number of amides is 9. The molecule has 6 aromatic carbocycles. The van der Waals surface area contributed by atoms with E-state index in [9.17, 15) is 43.2 Å². The maximum absolute atomic E-state index is 13.9. The second-order valence-electron chi connectivity index (χ2n) is 25.7. The lowest BCUT2D eigenvalue weighted by molar-refractivity contribution is -0.135. The van der Waals surface area contributed by atoms with Gasteiger partial charge in [0.25, 0.3) is 17.7 Å². The van der Waals surface area contributed by atoms with Crippen molar-refractivity contribution in [2.24, 2.45) is 35.5 Å². The van der Waals surface area contributed by atoms with Crippen molar-refractivity contribution in [3.05, 3.63) is 168 Å². The van der Waals surface area contributed by atoms with Gasteiger partial charge in [0.2, 0.25) is 35.4 Å². The van der Waals surface area contributed by atoms with Crippen molar-refractivity contribution in [2.45, 2.75) is 80.7 Å². The van der Waals surface area contributed by atoms with E-state index in [0.29, 0.717) is 150 Å². The van der Waals surface area contributed by atoms with Crippen LogP contribution >= 0.6 is 139 Å². The van der Waals surface area contributed by atoms with Gasteiger partial charge in [-0.1, -0.05) is 147 Å². The zero-order chi connectivity index (χ0) is 67.6. The average molecular weight is 1550 g/mol. The van der Waals surface area contributed by atoms with Crippen molar-refractivity contribution < 1.29 is 43.2 Å². The van der Waals surface area contributed by atoms with E-state index in [1.54, 1.807) is 36.4 Å². The number of anilines is 6. The van der Waals surface area contributed by atoms with Crippen LogP contribution in [0.5, 0.6) is 0 Å². The van der Waals surface area contributed by atoms with Crippen LogP contribution < -0.4 is 30.7 Å². The average Bonchev–Trinajstić information content (AvgIpc) is 1.52. The molecule has 0 radical (unpaired) electrons. The summed E-state index contributed by atoms with van der Waals surface area (Å²) >= 11 is 75.0. The Bertz CT molecular complexity index is 4150. The third kappa shape index (κ3) is 9.27. The molecule has 12 aliphatic heterocycles. The first-order valence-corrected chi connectivity index (χ1v) is 35.0. The predicted molar refractivity (Wildman–Crippen MR) is 374 cm³/mol. The summed E-state index contributed by atoms with van der Waals surface area (Å²) in [7, 11) is 0. The second kappa shape index (κ2) is 23.8. The number of benzene rings is 6. The lowest BCUT2D eigenvalue weighted by atomic mass is 9.75. The summed E-state index contributed by atoms with van der Waals surface area (Å²) in [6.07, 6.45) is 4.58. The molecule has 0 aliphatic carbocycles. The fourth-order valence-corrected chi connectivity index (χ4v) is 21.6. The van der Waals surface area contributed by atoms with Crippen LogP contribution in [0.3, 0.4) is 0 Å². The zero-order valence-corrected chi connectivity index (χ0v) is 58.2. The molecule has 9 saturated heterocycles. The molecule has 12 unspecified atom stereocenters. The van der Waals surface area contributed by atoms with Gasteiger partial charge in [-0.05, 0) is 149 Å². The quantitative estimate of drug-likeness (QED) is 0.141. The first-order valence-electron chi connectivity index (χ1n) is 30.5. The van der Waals surface area contributed by atoms with Gasteiger partial charge in [-0.15, -0.1) is 0 Å². The minimum Gasteiger partial charge on any atom is -0.323 e. The van der Waals surface area contributed by atoms with Gasteiger partial charge in [-0.2, -0.15) is 0 Å². The van der Waals surface area contributed by atoms with Crippen molar-refractivity contribution in [1.82, 2.24) is 14.7 Å². The molecule has 30 heteroatoms. The Balaban J connectivity index is 0.000000118. The summed E-state index contributed by atoms with van der Waals surface area (Å²) in [4.78, 5) is 133. The van der Waals surface area contributed by atoms with Crippen molar-refractivity contribution in [3.8, 4) is 0 Å². The Morgan fingerprint density at radius 2 is 0.536 bits per heavy atom. The molecule has 500 valence electrons. The van der Waals surface area contributed by atoms with E-state index in [2.05, 4.69) is 16.0 Å². The molecule has 6 aromatic rings. The molecule has 0 aromatic heterocycles. The SMILES string of the molecule is C.O=C1C2C3CCCN3C3(C(=O)Nc4c(Cl)cc(Cl)cc43)C2C(=O)N1c1cc(Cl)cc(Cl)c1.O=C1C2C3CCCN3C3(C(=O)Nc4c(Cl)cc(Cl)cc43)C2C(=O)N1c1cc(Cl)cc(Cl)c1.O=C1C2C3CCCN3C3(C(=O)Nc4c(Cl)cc(Cl)cc43)C2C(=O)N1c1cc(Cl)cc(Cl)c1. The van der Waals surface area contributed by atoms with Gasteiger partial charge >= 0.3 is 0 Å². The van der Waals surface area contributed by atoms with Crippen molar-refractivity contribution in [1.29, 1.82) is 0 Å². The van der Waals surface area contributed by atoms with E-state index < -0.39 is 69.8 Å². The molecule has 9 amide bonds. The Kier molecular flexibility index (Phi) is 16.5. The number of imide groups is 3. The minimum absolute atomic E-state index is 0. The van der Waals surface area contributed by atoms with E-state index >= 15 is 0 Å². The van der Waals surface area contributed by atoms with E-state index in [1.807, 2.05) is 14.7 Å². The summed E-state index contributed by atoms with van der Waals surface area (Å²) in [6.45, 7) is 1.79. The fraction of sp³-hybridized carbons (Fsp3) is 0.328. The molecule has 0 bridgehead atoms. The smallest absolute Gasteiger partial charge is 0.250 e. The van der Waals surface area contributed by atoms with Gasteiger partial charge in [-0.3, -0.25) is 57.9 Å². The maximum Gasteiger partial charge on any atom is 0.250 e. The monoisotopic (exact) mass is 1540 g/mol. The molecular formula is C67H49Cl12N9O9. The van der Waals surface area contributed by atoms with Crippen molar-refractivity contribution >= 4 is 227 Å². The van der Waals surface area contributed by atoms with Crippen LogP contribution in [-0.2, 0) is 59.8 Å². The van der Waals surface area contributed by atoms with E-state index in [4.69, 9.17) is 139 Å². The highest BCUT2D eigenvalue weighted by molar-refractivity contribution is 6.42. The predicted octanol–water partition coefficient (Wildman–Crippen LogP) is 14.8. The number of fused-ring (bicyclic) bond motifs is 21. The summed E-state index contributed by atoms with van der Waals surface area (Å²) in [5.74, 6) is -8.20. The van der Waals surface area contributed by atoms with Crippen LogP contribution in [0.15, 0.2) is 91.0 Å². The maximum atomic E-state index is 13.9. The molecule has 3 N–H and O–H groups in total. The number of rotatable bonds is 3. The number of carbonyl (C=O) groups excluding carboxylic acids is 9. The molecule has 9 fully saturated rings. The third-order valence-electron chi connectivity index (χ3n) is 21.4. The normalized spacial score (nSPS) is 30.5. The van der Waals surface area contributed by atoms with E-state index in [0.717, 1.165) is 34.0 Å². The topological polar surface area (TPSA) is 209 Å². The molecule has 18 rings (SSSR count). The third-order valence-corrected chi connectivity index (χ3v) is 24.2. The molecule has 12 heterocycles. The number of carbonyl (C=O) groups is 9. The molecule has 97 heavy (non-hydrogen) atoms. The lowest BCUT2D eigenvalue weighted by Crippen LogP contribution is -2.54. The molecule has 18 nitrogen and oxygen atoms in total. The lowest BCUT2D eigenvalue weighted by Gasteiger charge is -2.36. The van der Waals surface area contributed by atoms with Gasteiger partial charge in [0.1, 0.15) is 16.6 Å². The highest BCUT2D eigenvalue weighted by Gasteiger charge is 2.78. The largest absolute Gasteiger partial charge is 0.323 e. The molecule has 12 atom stereocenters. The summed E-state index contributed by atoms with van der Waals surface area (Å²) < 4.78 is 0. The molecule has 0 saturated carbocycles. The van der Waals surface area contributed by atoms with E-state index in [1.165, 1.54) is 54.6 Å². The summed E-state index contributed by atoms with van der Waals surface area (Å²) in [5.41, 5.74) is -0.174. The minimum atomic E-state index is -1.35. The van der Waals surface area contributed by atoms with Gasteiger partial charge in [-0.25, -0.2) is 14.7 Å². The molecule has 12 aliphatic rings. The van der Waals surface area contributed by atoms with Crippen LogP contribution in [0.2, 0.25) is 60.3 Å². The summed E-state index contributed by atoms with van der Waals surface area (Å²) in [6, 6.07) is 22.7. The van der Waals surface area contributed by atoms with Crippen molar-refractivity contribution in [2.75, 3.05) is 50.3 Å². The Hall–Kier alpha value is -5.49. The number of hydrogen-bond acceptors (Lipinski definition) is 12. The molecule has 3 spiro atoms. The Morgan fingerprint density at radius 3 is 0.773 bits per heavy atom. The highest BCUT2D eigenvalue weighted by Crippen LogP contribution is 2.66. The summed E-state index contributed by atoms with van der Waals surface area (Å²) in [5, 5.41) is 12.4. The van der Waals surface area contributed by atoms with Gasteiger partial charge in [0.05, 0.1) is 84.7 Å². The molecular weight excluding hydrogens is 1500 g/mol. The number of nitrogens with zero attached hydrogens (tertiary/aromatic N) is 6. The zero-order valence-electron chi connectivity index (χ0n) is 49.1. The number of nitrogens with one attached hydrogen (secondary N) is 3. The van der Waals surface area contributed by atoms with Crippen molar-refractivity contribution in [3.63, 3.8) is 0 Å². The van der Waals surface area contributed by atoms with Crippen LogP contribution in [-0.4, -0.2) is 106 Å². The Morgan fingerprint density at radius 1 is 0.309 bits per heavy atom. The first-order chi connectivity index (χ1) is 45.7. The van der Waals surface area contributed by atoms with Crippen LogP contribution in [0, 0.1) is 35.5 Å². The number of hydrogen-bond donors (Lipinski definition) is 3. The van der Waals surface area contributed by atoms with Crippen LogP contribution in [0.1, 0.15) is 62.6 Å². The van der Waals surface area contributed by atoms with Gasteiger partial charge < -0.3 is 16.0 Å². The van der Waals surface area contributed by atoms with E-state index in [-0.39, 0.29) is 61.0 Å². The Labute approximate surface area is 613 Å². The van der Waals surface area contributed by atoms with Gasteiger partial charge in [0.15, 0.2) is 0 Å². The fourth-order valence-electron chi connectivity index (χ4n) is 18.4. The van der Waals surface area contributed by atoms with Crippen LogP contribution in [0.25, 0.3) is 0 Å². The highest BCUT2D eigenvalue weighted by atomic mass is 35.5. The van der Waals surface area contributed by atoms with Crippen LogP contribution in [0.4, 0.5) is 34.1 Å². The standard InChI is InChI=1S/3C22H15Cl4N3O3.CH4/c3*23-9-4-10(24)6-12(5-9)29-19(30)16-15-2-1-3-28(15)22(17(16)20(29)31)13-7-11(25)8-14(26)18(13)27-21(22)32;/h3*4-8,15-17H,1-3H2,(H,27,32);1H4. The first kappa shape index (κ1) is 67.3. The number of halogens is 12.